The Bertz CT molecular complexity index is 662. The zero-order valence-electron chi connectivity index (χ0n) is 12.7. The number of hydrogen-bond donors (Lipinski definition) is 1. The van der Waals surface area contributed by atoms with Gasteiger partial charge in [-0.1, -0.05) is 19.9 Å². The molecule has 7 heteroatoms. The van der Waals surface area contributed by atoms with E-state index in [1.807, 2.05) is 31.4 Å². The summed E-state index contributed by atoms with van der Waals surface area (Å²) in [6.07, 6.45) is 0. The maximum Gasteiger partial charge on any atom is 0.323 e. The summed E-state index contributed by atoms with van der Waals surface area (Å²) in [7, 11) is 0. The SMILES string of the molecule is Cc1nc(-c2cccs2)sc1C(=O)N(CC(=O)O)CC(C)C. The Hall–Kier alpha value is -1.73. The molecule has 0 aliphatic rings. The number of aryl methyl sites for hydroxylation is 1. The van der Waals surface area contributed by atoms with Gasteiger partial charge < -0.3 is 10.0 Å². The van der Waals surface area contributed by atoms with Crippen molar-refractivity contribution in [3.05, 3.63) is 28.1 Å². The summed E-state index contributed by atoms with van der Waals surface area (Å²) in [5.74, 6) is -1.06. The summed E-state index contributed by atoms with van der Waals surface area (Å²) in [6.45, 7) is 5.83. The van der Waals surface area contributed by atoms with Crippen LogP contribution in [0, 0.1) is 12.8 Å². The highest BCUT2D eigenvalue weighted by atomic mass is 32.1. The van der Waals surface area contributed by atoms with E-state index in [0.29, 0.717) is 17.1 Å². The number of nitrogens with zero attached hydrogens (tertiary/aromatic N) is 2. The number of carbonyl (C=O) groups is 2. The van der Waals surface area contributed by atoms with Crippen molar-refractivity contribution in [1.29, 1.82) is 0 Å². The second-order valence-electron chi connectivity index (χ2n) is 5.38. The van der Waals surface area contributed by atoms with Crippen LogP contribution in [0.15, 0.2) is 17.5 Å². The first-order valence-corrected chi connectivity index (χ1v) is 8.60. The summed E-state index contributed by atoms with van der Waals surface area (Å²) < 4.78 is 0. The van der Waals surface area contributed by atoms with E-state index in [0.717, 1.165) is 9.88 Å². The molecule has 118 valence electrons. The number of carboxylic acids is 1. The lowest BCUT2D eigenvalue weighted by atomic mass is 10.2. The third kappa shape index (κ3) is 3.92. The highest BCUT2D eigenvalue weighted by molar-refractivity contribution is 7.22. The molecule has 2 aromatic heterocycles. The quantitative estimate of drug-likeness (QED) is 0.877. The molecule has 2 rings (SSSR count). The van der Waals surface area contributed by atoms with Crippen LogP contribution in [0.2, 0.25) is 0 Å². The molecule has 0 unspecified atom stereocenters. The Kier molecular flexibility index (Phi) is 5.31. The minimum Gasteiger partial charge on any atom is -0.480 e. The molecule has 0 saturated heterocycles. The highest BCUT2D eigenvalue weighted by Gasteiger charge is 2.24. The molecule has 1 amide bonds. The van der Waals surface area contributed by atoms with Crippen molar-refractivity contribution in [3.8, 4) is 9.88 Å². The van der Waals surface area contributed by atoms with E-state index in [-0.39, 0.29) is 18.4 Å². The van der Waals surface area contributed by atoms with E-state index in [4.69, 9.17) is 5.11 Å². The summed E-state index contributed by atoms with van der Waals surface area (Å²) in [5, 5.41) is 11.8. The monoisotopic (exact) mass is 338 g/mol. The third-order valence-electron chi connectivity index (χ3n) is 2.92. The molecule has 1 N–H and O–H groups in total. The number of carboxylic acid groups (broad SMARTS) is 1. The van der Waals surface area contributed by atoms with E-state index in [2.05, 4.69) is 4.98 Å². The molecule has 22 heavy (non-hydrogen) atoms. The second kappa shape index (κ2) is 7.02. The Labute approximate surface area is 137 Å². The summed E-state index contributed by atoms with van der Waals surface area (Å²) >= 11 is 2.89. The zero-order valence-corrected chi connectivity index (χ0v) is 14.3. The number of hydrogen-bond acceptors (Lipinski definition) is 5. The van der Waals surface area contributed by atoms with Gasteiger partial charge in [0, 0.05) is 6.54 Å². The fourth-order valence-corrected chi connectivity index (χ4v) is 3.90. The predicted molar refractivity (Wildman–Crippen MR) is 88.5 cm³/mol. The summed E-state index contributed by atoms with van der Waals surface area (Å²) in [4.78, 5) is 31.0. The Morgan fingerprint density at radius 1 is 1.41 bits per heavy atom. The van der Waals surface area contributed by atoms with Gasteiger partial charge in [0.2, 0.25) is 0 Å². The minimum atomic E-state index is -1.00. The van der Waals surface area contributed by atoms with Crippen LogP contribution in [0.5, 0.6) is 0 Å². The van der Waals surface area contributed by atoms with Crippen LogP contribution in [-0.4, -0.2) is 40.0 Å². The maximum atomic E-state index is 12.7. The number of rotatable bonds is 6. The third-order valence-corrected chi connectivity index (χ3v) is 5.11. The molecule has 0 aromatic carbocycles. The molecule has 0 atom stereocenters. The first-order chi connectivity index (χ1) is 10.4. The number of thiazole rings is 1. The van der Waals surface area contributed by atoms with Crippen molar-refractivity contribution in [2.75, 3.05) is 13.1 Å². The fourth-order valence-electron chi connectivity index (χ4n) is 2.07. The lowest BCUT2D eigenvalue weighted by molar-refractivity contribution is -0.137. The summed E-state index contributed by atoms with van der Waals surface area (Å²) in [6, 6.07) is 3.90. The molecule has 2 aromatic rings. The van der Waals surface area contributed by atoms with Gasteiger partial charge in [-0.05, 0) is 24.3 Å². The molecule has 0 radical (unpaired) electrons. The van der Waals surface area contributed by atoms with Crippen molar-refractivity contribution in [3.63, 3.8) is 0 Å². The van der Waals surface area contributed by atoms with Gasteiger partial charge >= 0.3 is 5.97 Å². The van der Waals surface area contributed by atoms with Crippen LogP contribution in [-0.2, 0) is 4.79 Å². The fraction of sp³-hybridized carbons (Fsp3) is 0.400. The average molecular weight is 338 g/mol. The highest BCUT2D eigenvalue weighted by Crippen LogP contribution is 2.31. The molecule has 0 aliphatic heterocycles. The largest absolute Gasteiger partial charge is 0.480 e. The van der Waals surface area contributed by atoms with Crippen LogP contribution in [0.4, 0.5) is 0 Å². The summed E-state index contributed by atoms with van der Waals surface area (Å²) in [5.41, 5.74) is 0.651. The van der Waals surface area contributed by atoms with Gasteiger partial charge in [-0.25, -0.2) is 4.98 Å². The molecule has 5 nitrogen and oxygen atoms in total. The molecule has 0 spiro atoms. The standard InChI is InChI=1S/C15H18N2O3S2/c1-9(2)7-17(8-12(18)19)15(20)13-10(3)16-14(22-13)11-5-4-6-21-11/h4-6,9H,7-8H2,1-3H3,(H,18,19). The van der Waals surface area contributed by atoms with E-state index >= 15 is 0 Å². The molecule has 0 bridgehead atoms. The molecule has 0 fully saturated rings. The van der Waals surface area contributed by atoms with Gasteiger partial charge in [0.25, 0.3) is 5.91 Å². The molecule has 0 aliphatic carbocycles. The van der Waals surface area contributed by atoms with Crippen LogP contribution < -0.4 is 0 Å². The first kappa shape index (κ1) is 16.6. The number of aliphatic carboxylic acids is 1. The van der Waals surface area contributed by atoms with Gasteiger partial charge in [-0.15, -0.1) is 22.7 Å². The Morgan fingerprint density at radius 3 is 2.68 bits per heavy atom. The van der Waals surface area contributed by atoms with Crippen LogP contribution in [0.3, 0.4) is 0 Å². The molecular formula is C15H18N2O3S2. The number of aromatic nitrogens is 1. The maximum absolute atomic E-state index is 12.7. The second-order valence-corrected chi connectivity index (χ2v) is 7.33. The smallest absolute Gasteiger partial charge is 0.323 e. The van der Waals surface area contributed by atoms with Crippen LogP contribution in [0.25, 0.3) is 9.88 Å². The number of thiophene rings is 1. The van der Waals surface area contributed by atoms with Crippen molar-refractivity contribution in [2.45, 2.75) is 20.8 Å². The van der Waals surface area contributed by atoms with E-state index in [1.165, 1.54) is 16.2 Å². The van der Waals surface area contributed by atoms with Crippen molar-refractivity contribution >= 4 is 34.6 Å². The number of amides is 1. The topological polar surface area (TPSA) is 70.5 Å². The van der Waals surface area contributed by atoms with Crippen LogP contribution >= 0.6 is 22.7 Å². The normalized spacial score (nSPS) is 10.9. The van der Waals surface area contributed by atoms with Crippen molar-refractivity contribution < 1.29 is 14.7 Å². The van der Waals surface area contributed by atoms with Gasteiger partial charge in [0.15, 0.2) is 0 Å². The first-order valence-electron chi connectivity index (χ1n) is 6.91. The van der Waals surface area contributed by atoms with Gasteiger partial charge in [0.1, 0.15) is 16.4 Å². The Balaban J connectivity index is 2.28. The van der Waals surface area contributed by atoms with E-state index in [9.17, 15) is 9.59 Å². The molecular weight excluding hydrogens is 320 g/mol. The van der Waals surface area contributed by atoms with Gasteiger partial charge in [0.05, 0.1) is 10.6 Å². The average Bonchev–Trinajstić information content (AvgIpc) is 3.04. The van der Waals surface area contributed by atoms with Crippen molar-refractivity contribution in [2.24, 2.45) is 5.92 Å². The van der Waals surface area contributed by atoms with Crippen molar-refractivity contribution in [1.82, 2.24) is 9.88 Å². The lowest BCUT2D eigenvalue weighted by Crippen LogP contribution is -2.38. The molecule has 2 heterocycles. The number of carbonyl (C=O) groups excluding carboxylic acids is 1. The van der Waals surface area contributed by atoms with Gasteiger partial charge in [-0.2, -0.15) is 0 Å². The van der Waals surface area contributed by atoms with Gasteiger partial charge in [-0.3, -0.25) is 9.59 Å². The lowest BCUT2D eigenvalue weighted by Gasteiger charge is -2.22. The zero-order chi connectivity index (χ0) is 16.3. The van der Waals surface area contributed by atoms with E-state index < -0.39 is 5.97 Å². The van der Waals surface area contributed by atoms with E-state index in [1.54, 1.807) is 18.3 Å². The molecule has 0 saturated carbocycles. The van der Waals surface area contributed by atoms with Crippen LogP contribution in [0.1, 0.15) is 29.2 Å². The predicted octanol–water partition coefficient (Wildman–Crippen LogP) is 3.36. The minimum absolute atomic E-state index is 0.202. The Morgan fingerprint density at radius 2 is 2.14 bits per heavy atom.